The molecule has 0 unspecified atom stereocenters. The van der Waals surface area contributed by atoms with Gasteiger partial charge in [-0.3, -0.25) is 24.2 Å². The number of sulfonamides is 1. The second-order valence-electron chi connectivity index (χ2n) is 9.87. The number of morpholine rings is 1. The van der Waals surface area contributed by atoms with E-state index >= 15 is 0 Å². The topological polar surface area (TPSA) is 96.5 Å². The minimum Gasteiger partial charge on any atom is -0.379 e. The van der Waals surface area contributed by atoms with Gasteiger partial charge in [-0.15, -0.1) is 0 Å². The molecule has 10 heteroatoms. The van der Waals surface area contributed by atoms with Crippen LogP contribution < -0.4 is 0 Å². The zero-order valence-corrected chi connectivity index (χ0v) is 21.9. The van der Waals surface area contributed by atoms with E-state index in [9.17, 15) is 18.0 Å². The molecule has 3 aliphatic rings. The van der Waals surface area contributed by atoms with Crippen LogP contribution in [0, 0.1) is 0 Å². The van der Waals surface area contributed by atoms with Gasteiger partial charge in [0.05, 0.1) is 42.7 Å². The van der Waals surface area contributed by atoms with Gasteiger partial charge in [0.25, 0.3) is 11.8 Å². The van der Waals surface area contributed by atoms with E-state index in [0.717, 1.165) is 51.6 Å². The Bertz CT molecular complexity index is 954. The van der Waals surface area contributed by atoms with Gasteiger partial charge in [0.15, 0.2) is 0 Å². The van der Waals surface area contributed by atoms with Gasteiger partial charge in [-0.25, -0.2) is 8.42 Å². The van der Waals surface area contributed by atoms with Crippen LogP contribution in [0.4, 0.5) is 0 Å². The number of nitrogens with zero attached hydrogens (tertiary/aromatic N) is 3. The molecule has 2 aliphatic heterocycles. The summed E-state index contributed by atoms with van der Waals surface area (Å²) in [5.41, 5.74) is 0.926. The summed E-state index contributed by atoms with van der Waals surface area (Å²) in [6, 6.07) is 6.80. The lowest BCUT2D eigenvalue weighted by molar-refractivity contribution is -0.126. The van der Waals surface area contributed by atoms with E-state index in [4.69, 9.17) is 9.57 Å². The third kappa shape index (κ3) is 6.92. The first-order valence-electron chi connectivity index (χ1n) is 13.4. The minimum atomic E-state index is -3.53. The smallest absolute Gasteiger partial charge is 0.261 e. The van der Waals surface area contributed by atoms with Gasteiger partial charge >= 0.3 is 0 Å². The molecular weight excluding hydrogens is 482 g/mol. The molecule has 0 aromatic heterocycles. The van der Waals surface area contributed by atoms with Crippen LogP contribution in [0.5, 0.6) is 0 Å². The summed E-state index contributed by atoms with van der Waals surface area (Å²) in [6.07, 6.45) is 7.55. The Hall–Kier alpha value is -1.85. The van der Waals surface area contributed by atoms with Crippen LogP contribution in [-0.4, -0.2) is 92.3 Å². The van der Waals surface area contributed by atoms with Crippen molar-refractivity contribution in [2.45, 2.75) is 63.8 Å². The molecule has 36 heavy (non-hydrogen) atoms. The molecule has 4 rings (SSSR count). The molecule has 0 bridgehead atoms. The normalized spacial score (nSPS) is 19.9. The predicted octanol–water partition coefficient (Wildman–Crippen LogP) is 3.07. The lowest BCUT2D eigenvalue weighted by Crippen LogP contribution is -2.45. The Kier molecular flexibility index (Phi) is 9.89. The van der Waals surface area contributed by atoms with Gasteiger partial charge < -0.3 is 4.74 Å². The average Bonchev–Trinajstić information content (AvgIpc) is 3.14. The van der Waals surface area contributed by atoms with Crippen molar-refractivity contribution in [3.63, 3.8) is 0 Å². The van der Waals surface area contributed by atoms with Crippen LogP contribution in [-0.2, 0) is 19.6 Å². The molecule has 1 saturated carbocycles. The van der Waals surface area contributed by atoms with E-state index in [2.05, 4.69) is 4.90 Å². The third-order valence-electron chi connectivity index (χ3n) is 7.29. The number of rotatable bonds is 13. The number of ether oxygens (including phenoxy) is 1. The number of hydrogen-bond acceptors (Lipinski definition) is 7. The second-order valence-corrected chi connectivity index (χ2v) is 11.8. The summed E-state index contributed by atoms with van der Waals surface area (Å²) in [4.78, 5) is 34.4. The molecule has 2 amide bonds. The molecule has 0 N–H and O–H groups in total. The number of unbranched alkanes of at least 4 members (excludes halogenated alkanes) is 3. The maximum atomic E-state index is 13.2. The molecular formula is C26H39N3O6S. The number of amides is 2. The fourth-order valence-corrected chi connectivity index (χ4v) is 6.88. The summed E-state index contributed by atoms with van der Waals surface area (Å²) < 4.78 is 33.2. The molecule has 2 fully saturated rings. The highest BCUT2D eigenvalue weighted by Gasteiger charge is 2.35. The summed E-state index contributed by atoms with van der Waals surface area (Å²) in [6.45, 7) is 4.52. The molecule has 1 aliphatic carbocycles. The maximum Gasteiger partial charge on any atom is 0.261 e. The van der Waals surface area contributed by atoms with Crippen molar-refractivity contribution in [1.29, 1.82) is 0 Å². The highest BCUT2D eigenvalue weighted by molar-refractivity contribution is 7.88. The van der Waals surface area contributed by atoms with Crippen molar-refractivity contribution < 1.29 is 27.6 Å². The average molecular weight is 522 g/mol. The molecule has 2 heterocycles. The molecule has 1 aromatic carbocycles. The Morgan fingerprint density at radius 2 is 1.53 bits per heavy atom. The Morgan fingerprint density at radius 1 is 0.889 bits per heavy atom. The molecule has 200 valence electrons. The zero-order chi connectivity index (χ0) is 25.4. The van der Waals surface area contributed by atoms with Crippen LogP contribution in [0.25, 0.3) is 0 Å². The van der Waals surface area contributed by atoms with Gasteiger partial charge in [0, 0.05) is 26.2 Å². The van der Waals surface area contributed by atoms with E-state index in [0.29, 0.717) is 63.3 Å². The van der Waals surface area contributed by atoms with E-state index in [1.54, 1.807) is 24.3 Å². The van der Waals surface area contributed by atoms with Crippen molar-refractivity contribution in [1.82, 2.24) is 14.3 Å². The number of hydrogen-bond donors (Lipinski definition) is 0. The number of benzene rings is 1. The predicted molar refractivity (Wildman–Crippen MR) is 136 cm³/mol. The Labute approximate surface area is 214 Å². The molecule has 0 spiro atoms. The summed E-state index contributed by atoms with van der Waals surface area (Å²) >= 11 is 0. The third-order valence-corrected chi connectivity index (χ3v) is 9.05. The second kappa shape index (κ2) is 13.1. The molecule has 9 nitrogen and oxygen atoms in total. The fraction of sp³-hybridized carbons (Fsp3) is 0.692. The SMILES string of the molecule is O=C1c2ccccc2C(=O)N1CCCCCCS(=O)(=O)N(OCCN1CCOCC1)C1CCCCC1. The van der Waals surface area contributed by atoms with Gasteiger partial charge in [-0.2, -0.15) is 0 Å². The van der Waals surface area contributed by atoms with Crippen molar-refractivity contribution >= 4 is 21.8 Å². The first-order chi connectivity index (χ1) is 17.5. The monoisotopic (exact) mass is 521 g/mol. The molecule has 0 radical (unpaired) electrons. The van der Waals surface area contributed by atoms with Crippen molar-refractivity contribution in [3.05, 3.63) is 35.4 Å². The summed E-state index contributed by atoms with van der Waals surface area (Å²) in [5, 5.41) is 0. The van der Waals surface area contributed by atoms with Crippen LogP contribution in [0.3, 0.4) is 0 Å². The van der Waals surface area contributed by atoms with Gasteiger partial charge in [-0.1, -0.05) is 48.7 Å². The summed E-state index contributed by atoms with van der Waals surface area (Å²) in [5.74, 6) is -0.431. The lowest BCUT2D eigenvalue weighted by atomic mass is 9.96. The van der Waals surface area contributed by atoms with Crippen molar-refractivity contribution in [2.24, 2.45) is 0 Å². The van der Waals surface area contributed by atoms with E-state index in [1.165, 1.54) is 9.37 Å². The van der Waals surface area contributed by atoms with E-state index < -0.39 is 10.0 Å². The minimum absolute atomic E-state index is 0.0497. The van der Waals surface area contributed by atoms with Crippen LogP contribution >= 0.6 is 0 Å². The number of imide groups is 1. The van der Waals surface area contributed by atoms with Gasteiger partial charge in [-0.05, 0) is 37.8 Å². The Morgan fingerprint density at radius 3 is 2.19 bits per heavy atom. The van der Waals surface area contributed by atoms with Crippen LogP contribution in [0.1, 0.15) is 78.5 Å². The van der Waals surface area contributed by atoms with Crippen molar-refractivity contribution in [3.8, 4) is 0 Å². The summed E-state index contributed by atoms with van der Waals surface area (Å²) in [7, 11) is -3.53. The number of carbonyl (C=O) groups excluding carboxylic acids is 2. The fourth-order valence-electron chi connectivity index (χ4n) is 5.23. The molecule has 1 saturated heterocycles. The largest absolute Gasteiger partial charge is 0.379 e. The first-order valence-corrected chi connectivity index (χ1v) is 15.0. The van der Waals surface area contributed by atoms with Crippen molar-refractivity contribution in [2.75, 3.05) is 51.8 Å². The van der Waals surface area contributed by atoms with Crippen LogP contribution in [0.2, 0.25) is 0 Å². The highest BCUT2D eigenvalue weighted by atomic mass is 32.2. The Balaban J connectivity index is 1.20. The van der Waals surface area contributed by atoms with Gasteiger partial charge in [0.2, 0.25) is 10.0 Å². The number of carbonyl (C=O) groups is 2. The zero-order valence-electron chi connectivity index (χ0n) is 21.1. The lowest BCUT2D eigenvalue weighted by Gasteiger charge is -2.33. The molecule has 1 aromatic rings. The van der Waals surface area contributed by atoms with Gasteiger partial charge in [0.1, 0.15) is 0 Å². The van der Waals surface area contributed by atoms with E-state index in [-0.39, 0.29) is 23.6 Å². The highest BCUT2D eigenvalue weighted by Crippen LogP contribution is 2.26. The number of hydroxylamine groups is 1. The standard InChI is InChI=1S/C26H39N3O6S/c30-25-23-12-6-7-13-24(23)26(31)28(25)14-8-1-2-9-21-36(32,33)29(22-10-4-3-5-11-22)35-20-17-27-15-18-34-19-16-27/h6-7,12-13,22H,1-5,8-11,14-21H2. The van der Waals surface area contributed by atoms with Crippen LogP contribution in [0.15, 0.2) is 24.3 Å². The first kappa shape index (κ1) is 27.2. The maximum absolute atomic E-state index is 13.2. The number of fused-ring (bicyclic) bond motifs is 1. The quantitative estimate of drug-likeness (QED) is 0.224. The van der Waals surface area contributed by atoms with E-state index in [1.807, 2.05) is 0 Å². The molecule has 0 atom stereocenters.